The van der Waals surface area contributed by atoms with Crippen molar-refractivity contribution in [3.63, 3.8) is 0 Å². The van der Waals surface area contributed by atoms with Gasteiger partial charge in [0.2, 0.25) is 0 Å². The van der Waals surface area contributed by atoms with E-state index in [4.69, 9.17) is 5.73 Å². The van der Waals surface area contributed by atoms with E-state index in [9.17, 15) is 8.78 Å². The van der Waals surface area contributed by atoms with E-state index in [1.54, 1.807) is 18.3 Å². The number of hydrogen-bond acceptors (Lipinski definition) is 2. The second-order valence-corrected chi connectivity index (χ2v) is 4.23. The average molecular weight is 259 g/mol. The van der Waals surface area contributed by atoms with Crippen LogP contribution in [0.2, 0.25) is 0 Å². The Kier molecular flexibility index (Phi) is 2.67. The number of benzene rings is 2. The Bertz CT molecular complexity index is 734. The number of rotatable bonds is 2. The van der Waals surface area contributed by atoms with E-state index in [-0.39, 0.29) is 5.56 Å². The summed E-state index contributed by atoms with van der Waals surface area (Å²) in [5.41, 5.74) is 6.91. The van der Waals surface area contributed by atoms with Crippen LogP contribution in [0.25, 0.3) is 16.6 Å². The summed E-state index contributed by atoms with van der Waals surface area (Å²) in [5, 5.41) is 5.08. The van der Waals surface area contributed by atoms with Crippen molar-refractivity contribution >= 4 is 16.6 Å². The minimum Gasteiger partial charge on any atom is -0.399 e. The fraction of sp³-hybridized carbons (Fsp3) is 0.0714. The largest absolute Gasteiger partial charge is 0.399 e. The Morgan fingerprint density at radius 2 is 1.89 bits per heavy atom. The zero-order chi connectivity index (χ0) is 13.4. The average Bonchev–Trinajstić information content (AvgIpc) is 2.82. The second-order valence-electron chi connectivity index (χ2n) is 4.23. The lowest BCUT2D eigenvalue weighted by Gasteiger charge is -2.10. The van der Waals surface area contributed by atoms with E-state index >= 15 is 0 Å². The molecular formula is C14H11F2N3. The highest BCUT2D eigenvalue weighted by Crippen LogP contribution is 2.29. The van der Waals surface area contributed by atoms with Crippen molar-refractivity contribution in [1.82, 2.24) is 9.78 Å². The number of halogens is 2. The molecule has 3 rings (SSSR count). The molecule has 5 heteroatoms. The summed E-state index contributed by atoms with van der Waals surface area (Å²) in [6.07, 6.45) is -0.942. The van der Waals surface area contributed by atoms with Gasteiger partial charge in [-0.05, 0) is 24.3 Å². The molecule has 0 saturated carbocycles. The predicted molar refractivity (Wildman–Crippen MR) is 70.4 cm³/mol. The Morgan fingerprint density at radius 1 is 1.11 bits per heavy atom. The van der Waals surface area contributed by atoms with E-state index in [1.807, 2.05) is 24.3 Å². The van der Waals surface area contributed by atoms with Crippen molar-refractivity contribution in [2.24, 2.45) is 0 Å². The summed E-state index contributed by atoms with van der Waals surface area (Å²) >= 11 is 0. The molecule has 1 aromatic heterocycles. The molecule has 0 unspecified atom stereocenters. The van der Waals surface area contributed by atoms with Crippen LogP contribution in [-0.2, 0) is 0 Å². The minimum atomic E-state index is -2.60. The van der Waals surface area contributed by atoms with Gasteiger partial charge in [0.05, 0.1) is 17.4 Å². The molecule has 0 fully saturated rings. The topological polar surface area (TPSA) is 43.8 Å². The van der Waals surface area contributed by atoms with E-state index in [2.05, 4.69) is 5.10 Å². The molecule has 0 aliphatic heterocycles. The third kappa shape index (κ3) is 1.93. The van der Waals surface area contributed by atoms with Gasteiger partial charge < -0.3 is 5.73 Å². The predicted octanol–water partition coefficient (Wildman–Crippen LogP) is 3.55. The maximum Gasteiger partial charge on any atom is 0.266 e. The summed E-state index contributed by atoms with van der Waals surface area (Å²) in [5.74, 6) is 0. The highest BCUT2D eigenvalue weighted by Gasteiger charge is 2.16. The SMILES string of the molecule is Nc1ccc(-n2ncc3ccccc32)c(C(F)F)c1. The Balaban J connectivity index is 2.27. The molecule has 2 aromatic carbocycles. The normalized spacial score (nSPS) is 11.3. The first-order chi connectivity index (χ1) is 9.16. The molecule has 2 N–H and O–H groups in total. The zero-order valence-corrected chi connectivity index (χ0v) is 9.92. The molecule has 0 aliphatic carbocycles. The molecule has 0 atom stereocenters. The van der Waals surface area contributed by atoms with E-state index in [1.165, 1.54) is 10.7 Å². The molecule has 3 aromatic rings. The summed E-state index contributed by atoms with van der Waals surface area (Å²) in [7, 11) is 0. The monoisotopic (exact) mass is 259 g/mol. The van der Waals surface area contributed by atoms with Gasteiger partial charge in [0, 0.05) is 16.6 Å². The van der Waals surface area contributed by atoms with Gasteiger partial charge in [-0.3, -0.25) is 0 Å². The molecule has 1 heterocycles. The number of aromatic nitrogens is 2. The molecule has 3 nitrogen and oxygen atoms in total. The van der Waals surface area contributed by atoms with Gasteiger partial charge in [-0.2, -0.15) is 5.10 Å². The number of anilines is 1. The van der Waals surface area contributed by atoms with E-state index in [0.29, 0.717) is 11.4 Å². The molecule has 0 spiro atoms. The van der Waals surface area contributed by atoms with Crippen molar-refractivity contribution in [2.45, 2.75) is 6.43 Å². The number of nitrogens with two attached hydrogens (primary N) is 1. The van der Waals surface area contributed by atoms with E-state index < -0.39 is 6.43 Å². The number of para-hydroxylation sites is 1. The van der Waals surface area contributed by atoms with Gasteiger partial charge in [0.15, 0.2) is 0 Å². The molecule has 0 aliphatic rings. The van der Waals surface area contributed by atoms with Gasteiger partial charge in [-0.1, -0.05) is 18.2 Å². The second kappa shape index (κ2) is 4.35. The highest BCUT2D eigenvalue weighted by molar-refractivity contribution is 5.80. The quantitative estimate of drug-likeness (QED) is 0.715. The molecule has 96 valence electrons. The first-order valence-electron chi connectivity index (χ1n) is 5.77. The number of nitrogens with zero attached hydrogens (tertiary/aromatic N) is 2. The van der Waals surface area contributed by atoms with Crippen LogP contribution in [0, 0.1) is 0 Å². The van der Waals surface area contributed by atoms with Crippen LogP contribution in [0.1, 0.15) is 12.0 Å². The summed E-state index contributed by atoms with van der Waals surface area (Å²) in [6.45, 7) is 0. The van der Waals surface area contributed by atoms with Gasteiger partial charge in [-0.15, -0.1) is 0 Å². The minimum absolute atomic E-state index is 0.117. The van der Waals surface area contributed by atoms with Crippen LogP contribution in [-0.4, -0.2) is 9.78 Å². The Labute approximate surface area is 108 Å². The maximum absolute atomic E-state index is 13.1. The molecular weight excluding hydrogens is 248 g/mol. The van der Waals surface area contributed by atoms with Crippen molar-refractivity contribution in [2.75, 3.05) is 5.73 Å². The fourth-order valence-corrected chi connectivity index (χ4v) is 2.10. The highest BCUT2D eigenvalue weighted by atomic mass is 19.3. The Hall–Kier alpha value is -2.43. The van der Waals surface area contributed by atoms with E-state index in [0.717, 1.165) is 10.9 Å². The smallest absolute Gasteiger partial charge is 0.266 e. The standard InChI is InChI=1S/C14H11F2N3/c15-14(16)11-7-10(17)5-6-13(11)19-12-4-2-1-3-9(12)8-18-19/h1-8,14H,17H2. The van der Waals surface area contributed by atoms with Crippen LogP contribution >= 0.6 is 0 Å². The lowest BCUT2D eigenvalue weighted by atomic mass is 10.1. The number of hydrogen-bond donors (Lipinski definition) is 1. The maximum atomic E-state index is 13.1. The van der Waals surface area contributed by atoms with Gasteiger partial charge in [-0.25, -0.2) is 13.5 Å². The summed E-state index contributed by atoms with van der Waals surface area (Å²) < 4.78 is 27.7. The zero-order valence-electron chi connectivity index (χ0n) is 9.92. The molecule has 0 saturated heterocycles. The van der Waals surface area contributed by atoms with Crippen LogP contribution in [0.5, 0.6) is 0 Å². The van der Waals surface area contributed by atoms with Crippen LogP contribution in [0.15, 0.2) is 48.7 Å². The van der Waals surface area contributed by atoms with Crippen molar-refractivity contribution < 1.29 is 8.78 Å². The van der Waals surface area contributed by atoms with Crippen molar-refractivity contribution in [1.29, 1.82) is 0 Å². The number of fused-ring (bicyclic) bond motifs is 1. The molecule has 0 bridgehead atoms. The lowest BCUT2D eigenvalue weighted by Crippen LogP contribution is -2.02. The third-order valence-electron chi connectivity index (χ3n) is 2.99. The van der Waals surface area contributed by atoms with Crippen LogP contribution < -0.4 is 5.73 Å². The first kappa shape index (κ1) is 11.6. The summed E-state index contributed by atoms with van der Waals surface area (Å²) in [6, 6.07) is 11.9. The van der Waals surface area contributed by atoms with Crippen molar-refractivity contribution in [3.8, 4) is 5.69 Å². The first-order valence-corrected chi connectivity index (χ1v) is 5.77. The molecule has 19 heavy (non-hydrogen) atoms. The third-order valence-corrected chi connectivity index (χ3v) is 2.99. The van der Waals surface area contributed by atoms with Gasteiger partial charge in [0.1, 0.15) is 0 Å². The van der Waals surface area contributed by atoms with Gasteiger partial charge >= 0.3 is 0 Å². The Morgan fingerprint density at radius 3 is 2.68 bits per heavy atom. The molecule has 0 amide bonds. The van der Waals surface area contributed by atoms with Crippen LogP contribution in [0.3, 0.4) is 0 Å². The number of alkyl halides is 2. The summed E-state index contributed by atoms with van der Waals surface area (Å²) in [4.78, 5) is 0. The van der Waals surface area contributed by atoms with Gasteiger partial charge in [0.25, 0.3) is 6.43 Å². The van der Waals surface area contributed by atoms with Crippen molar-refractivity contribution in [3.05, 3.63) is 54.2 Å². The molecule has 0 radical (unpaired) electrons. The van der Waals surface area contributed by atoms with Crippen LogP contribution in [0.4, 0.5) is 14.5 Å². The fourth-order valence-electron chi connectivity index (χ4n) is 2.10. The lowest BCUT2D eigenvalue weighted by molar-refractivity contribution is 0.151. The number of nitrogen functional groups attached to an aromatic ring is 1.